The van der Waals surface area contributed by atoms with Gasteiger partial charge in [-0.1, -0.05) is 24.3 Å². The molecule has 0 aliphatic rings. The Hall–Kier alpha value is -2.86. The molecule has 1 N–H and O–H groups in total. The molecule has 24 heavy (non-hydrogen) atoms. The van der Waals surface area contributed by atoms with Gasteiger partial charge >= 0.3 is 5.76 Å². The SMILES string of the molecule is CNC(=O)c1ccc(CN(C)Cn2c(=O)oc3ccccc32)cc1. The van der Waals surface area contributed by atoms with Crippen molar-refractivity contribution in [3.8, 4) is 0 Å². The minimum atomic E-state index is -0.363. The zero-order valence-electron chi connectivity index (χ0n) is 13.7. The Morgan fingerprint density at radius 3 is 2.58 bits per heavy atom. The maximum absolute atomic E-state index is 12.0. The fraction of sp³-hybridized carbons (Fsp3) is 0.222. The predicted molar refractivity (Wildman–Crippen MR) is 91.8 cm³/mol. The van der Waals surface area contributed by atoms with Gasteiger partial charge in [-0.15, -0.1) is 0 Å². The zero-order chi connectivity index (χ0) is 17.1. The predicted octanol–water partition coefficient (Wildman–Crippen LogP) is 2.04. The fourth-order valence-electron chi connectivity index (χ4n) is 2.66. The van der Waals surface area contributed by atoms with Gasteiger partial charge in [0.25, 0.3) is 5.91 Å². The van der Waals surface area contributed by atoms with Crippen molar-refractivity contribution in [1.29, 1.82) is 0 Å². The Morgan fingerprint density at radius 2 is 1.88 bits per heavy atom. The van der Waals surface area contributed by atoms with Crippen LogP contribution in [0.1, 0.15) is 15.9 Å². The van der Waals surface area contributed by atoms with E-state index in [0.29, 0.717) is 24.4 Å². The first-order valence-electron chi connectivity index (χ1n) is 7.66. The number of aromatic nitrogens is 1. The fourth-order valence-corrected chi connectivity index (χ4v) is 2.66. The second-order valence-electron chi connectivity index (χ2n) is 5.70. The van der Waals surface area contributed by atoms with Crippen LogP contribution in [0.15, 0.2) is 57.7 Å². The van der Waals surface area contributed by atoms with E-state index in [0.717, 1.165) is 11.1 Å². The van der Waals surface area contributed by atoms with E-state index in [9.17, 15) is 9.59 Å². The number of rotatable bonds is 5. The maximum Gasteiger partial charge on any atom is 0.421 e. The van der Waals surface area contributed by atoms with Crippen molar-refractivity contribution in [2.75, 3.05) is 14.1 Å². The highest BCUT2D eigenvalue weighted by Gasteiger charge is 2.11. The lowest BCUT2D eigenvalue weighted by atomic mass is 10.1. The van der Waals surface area contributed by atoms with Gasteiger partial charge in [0.2, 0.25) is 0 Å². The molecule has 1 heterocycles. The van der Waals surface area contributed by atoms with Crippen molar-refractivity contribution in [3.63, 3.8) is 0 Å². The van der Waals surface area contributed by atoms with Crippen LogP contribution in [0.4, 0.5) is 0 Å². The first-order valence-corrected chi connectivity index (χ1v) is 7.66. The van der Waals surface area contributed by atoms with Crippen LogP contribution in [0, 0.1) is 0 Å². The van der Waals surface area contributed by atoms with Crippen LogP contribution in [0.3, 0.4) is 0 Å². The van der Waals surface area contributed by atoms with Crippen LogP contribution in [0.2, 0.25) is 0 Å². The molecule has 0 saturated carbocycles. The number of hydrogen-bond acceptors (Lipinski definition) is 4. The summed E-state index contributed by atoms with van der Waals surface area (Å²) >= 11 is 0. The molecule has 0 aliphatic carbocycles. The van der Waals surface area contributed by atoms with Gasteiger partial charge in [-0.05, 0) is 36.9 Å². The number of oxazole rings is 1. The number of fused-ring (bicyclic) bond motifs is 1. The minimum Gasteiger partial charge on any atom is -0.408 e. The zero-order valence-corrected chi connectivity index (χ0v) is 13.7. The molecule has 6 heteroatoms. The van der Waals surface area contributed by atoms with Crippen molar-refractivity contribution < 1.29 is 9.21 Å². The average molecular weight is 325 g/mol. The van der Waals surface area contributed by atoms with Crippen molar-refractivity contribution in [2.45, 2.75) is 13.2 Å². The Balaban J connectivity index is 1.73. The molecule has 0 aliphatic heterocycles. The smallest absolute Gasteiger partial charge is 0.408 e. The van der Waals surface area contributed by atoms with Gasteiger partial charge < -0.3 is 9.73 Å². The van der Waals surface area contributed by atoms with E-state index in [4.69, 9.17) is 4.42 Å². The second-order valence-corrected chi connectivity index (χ2v) is 5.70. The van der Waals surface area contributed by atoms with Gasteiger partial charge in [-0.25, -0.2) is 4.79 Å². The van der Waals surface area contributed by atoms with Crippen molar-refractivity contribution in [3.05, 3.63) is 70.2 Å². The Labute approximate surface area is 139 Å². The largest absolute Gasteiger partial charge is 0.421 e. The highest BCUT2D eigenvalue weighted by Crippen LogP contribution is 2.13. The summed E-state index contributed by atoms with van der Waals surface area (Å²) in [5.41, 5.74) is 3.06. The first kappa shape index (κ1) is 16.0. The monoisotopic (exact) mass is 325 g/mol. The molecule has 0 saturated heterocycles. The minimum absolute atomic E-state index is 0.105. The number of benzene rings is 2. The van der Waals surface area contributed by atoms with E-state index in [-0.39, 0.29) is 11.7 Å². The third-order valence-corrected chi connectivity index (χ3v) is 3.85. The summed E-state index contributed by atoms with van der Waals surface area (Å²) < 4.78 is 6.85. The lowest BCUT2D eigenvalue weighted by Gasteiger charge is -2.17. The lowest BCUT2D eigenvalue weighted by Crippen LogP contribution is -2.27. The van der Waals surface area contributed by atoms with Gasteiger partial charge in [-0.3, -0.25) is 14.3 Å². The molecule has 3 aromatic rings. The summed E-state index contributed by atoms with van der Waals surface area (Å²) in [5, 5.41) is 2.60. The molecule has 124 valence electrons. The second kappa shape index (κ2) is 6.72. The summed E-state index contributed by atoms with van der Waals surface area (Å²) in [6.07, 6.45) is 0. The highest BCUT2D eigenvalue weighted by atomic mass is 16.4. The maximum atomic E-state index is 12.0. The molecular weight excluding hydrogens is 306 g/mol. The van der Waals surface area contributed by atoms with Gasteiger partial charge in [0.1, 0.15) is 0 Å². The van der Waals surface area contributed by atoms with Gasteiger partial charge in [0.05, 0.1) is 12.2 Å². The van der Waals surface area contributed by atoms with Crippen LogP contribution >= 0.6 is 0 Å². The number of carbonyl (C=O) groups is 1. The summed E-state index contributed by atoms with van der Waals surface area (Å²) in [7, 11) is 3.54. The number of para-hydroxylation sites is 2. The van der Waals surface area contributed by atoms with E-state index >= 15 is 0 Å². The molecule has 1 aromatic heterocycles. The van der Waals surface area contributed by atoms with Crippen molar-refractivity contribution >= 4 is 17.0 Å². The van der Waals surface area contributed by atoms with E-state index < -0.39 is 0 Å². The van der Waals surface area contributed by atoms with Crippen LogP contribution in [-0.2, 0) is 13.2 Å². The first-order chi connectivity index (χ1) is 11.6. The third kappa shape index (κ3) is 3.23. The van der Waals surface area contributed by atoms with E-state index in [1.165, 1.54) is 0 Å². The molecule has 0 unspecified atom stereocenters. The number of hydrogen-bond donors (Lipinski definition) is 1. The summed E-state index contributed by atoms with van der Waals surface area (Å²) in [6.45, 7) is 1.08. The normalized spacial score (nSPS) is 11.1. The van der Waals surface area contributed by atoms with Gasteiger partial charge in [0, 0.05) is 19.2 Å². The number of carbonyl (C=O) groups excluding carboxylic acids is 1. The van der Waals surface area contributed by atoms with Crippen molar-refractivity contribution in [1.82, 2.24) is 14.8 Å². The molecule has 2 aromatic carbocycles. The third-order valence-electron chi connectivity index (χ3n) is 3.85. The van der Waals surface area contributed by atoms with Crippen LogP contribution < -0.4 is 11.1 Å². The van der Waals surface area contributed by atoms with Crippen LogP contribution in [0.25, 0.3) is 11.1 Å². The highest BCUT2D eigenvalue weighted by molar-refractivity contribution is 5.93. The summed E-state index contributed by atoms with van der Waals surface area (Å²) in [6, 6.07) is 14.8. The van der Waals surface area contributed by atoms with E-state index in [1.54, 1.807) is 29.8 Å². The van der Waals surface area contributed by atoms with Gasteiger partial charge in [-0.2, -0.15) is 0 Å². The topological polar surface area (TPSA) is 67.5 Å². The summed E-state index contributed by atoms with van der Waals surface area (Å²) in [4.78, 5) is 25.6. The molecule has 3 rings (SSSR count). The molecule has 0 spiro atoms. The number of nitrogens with one attached hydrogen (secondary N) is 1. The Morgan fingerprint density at radius 1 is 1.17 bits per heavy atom. The molecule has 0 fully saturated rings. The quantitative estimate of drug-likeness (QED) is 0.779. The lowest BCUT2D eigenvalue weighted by molar-refractivity contribution is 0.0963. The molecular formula is C18H19N3O3. The number of nitrogens with zero attached hydrogens (tertiary/aromatic N) is 2. The molecule has 0 atom stereocenters. The summed E-state index contributed by atoms with van der Waals surface area (Å²) in [5.74, 6) is -0.468. The average Bonchev–Trinajstić information content (AvgIpc) is 2.90. The Bertz CT molecular complexity index is 909. The van der Waals surface area contributed by atoms with Crippen LogP contribution in [0.5, 0.6) is 0 Å². The Kier molecular flexibility index (Phi) is 4.48. The van der Waals surface area contributed by atoms with Crippen molar-refractivity contribution in [2.24, 2.45) is 0 Å². The molecule has 6 nitrogen and oxygen atoms in total. The number of amides is 1. The van der Waals surface area contributed by atoms with Crippen LogP contribution in [-0.4, -0.2) is 29.5 Å². The standard InChI is InChI=1S/C18H19N3O3/c1-19-17(22)14-9-7-13(8-10-14)11-20(2)12-21-15-5-3-4-6-16(15)24-18(21)23/h3-10H,11-12H2,1-2H3,(H,19,22). The molecule has 1 amide bonds. The van der Waals surface area contributed by atoms with E-state index in [1.807, 2.05) is 42.3 Å². The molecule has 0 bridgehead atoms. The van der Waals surface area contributed by atoms with Gasteiger partial charge in [0.15, 0.2) is 5.58 Å². The van der Waals surface area contributed by atoms with E-state index in [2.05, 4.69) is 5.32 Å². The molecule has 0 radical (unpaired) electrons.